The van der Waals surface area contributed by atoms with Crippen LogP contribution in [-0.2, 0) is 16.7 Å². The first-order valence-electron chi connectivity index (χ1n) is 9.04. The first kappa shape index (κ1) is 17.9. The number of imidazole rings is 1. The lowest BCUT2D eigenvalue weighted by Crippen LogP contribution is -2.11. The monoisotopic (exact) mass is 385 g/mol. The smallest absolute Gasteiger partial charge is 0.339 e. The summed E-state index contributed by atoms with van der Waals surface area (Å²) in [6, 6.07) is 3.68. The van der Waals surface area contributed by atoms with Crippen LogP contribution in [0.4, 0.5) is 5.13 Å². The third-order valence-corrected chi connectivity index (χ3v) is 5.46. The molecule has 1 N–H and O–H groups in total. The molecule has 1 aliphatic carbocycles. The van der Waals surface area contributed by atoms with Crippen LogP contribution in [0.15, 0.2) is 18.3 Å². The molecule has 0 spiro atoms. The highest BCUT2D eigenvalue weighted by Gasteiger charge is 2.30. The summed E-state index contributed by atoms with van der Waals surface area (Å²) in [6.45, 7) is 6.96. The zero-order valence-corrected chi connectivity index (χ0v) is 16.8. The van der Waals surface area contributed by atoms with Gasteiger partial charge in [0.15, 0.2) is 0 Å². The molecule has 8 heteroatoms. The van der Waals surface area contributed by atoms with Gasteiger partial charge in [0.25, 0.3) is 0 Å². The molecule has 3 aromatic heterocycles. The Bertz CT molecular complexity index is 966. The van der Waals surface area contributed by atoms with Crippen molar-refractivity contribution in [3.63, 3.8) is 0 Å². The Hall–Kier alpha value is -2.48. The second-order valence-corrected chi connectivity index (χ2v) is 8.82. The average molecular weight is 385 g/mol. The number of fused-ring (bicyclic) bond motifs is 1. The molecule has 0 aliphatic heterocycles. The molecule has 0 radical (unpaired) electrons. The van der Waals surface area contributed by atoms with E-state index < -0.39 is 0 Å². The van der Waals surface area contributed by atoms with Gasteiger partial charge in [0.2, 0.25) is 10.1 Å². The van der Waals surface area contributed by atoms with Gasteiger partial charge in [-0.1, -0.05) is 32.1 Å². The molecule has 0 atom stereocenters. The van der Waals surface area contributed by atoms with Crippen LogP contribution >= 0.6 is 11.3 Å². The predicted octanol–water partition coefficient (Wildman–Crippen LogP) is 3.76. The van der Waals surface area contributed by atoms with Gasteiger partial charge in [-0.2, -0.15) is 0 Å². The molecular weight excluding hydrogens is 362 g/mol. The minimum absolute atomic E-state index is 0.00548. The number of carbonyl (C=O) groups is 1. The van der Waals surface area contributed by atoms with Crippen LogP contribution in [0.1, 0.15) is 67.0 Å². The van der Waals surface area contributed by atoms with Crippen molar-refractivity contribution >= 4 is 27.4 Å². The molecule has 3 heterocycles. The van der Waals surface area contributed by atoms with E-state index in [1.807, 2.05) is 22.8 Å². The van der Waals surface area contributed by atoms with Crippen LogP contribution in [0.3, 0.4) is 0 Å². The molecule has 142 valence electrons. The standard InChI is InChI=1S/C19H23N5O2S/c1-19(2,3)14-10-24-18(22-14)27-17(23-24)20-9-12-7-8-13(16(25)26-4)15(21-12)11-5-6-11/h7-8,10-11H,5-6,9H2,1-4H3,(H,20,23). The van der Waals surface area contributed by atoms with Crippen LogP contribution in [0.25, 0.3) is 4.96 Å². The number of pyridine rings is 1. The maximum Gasteiger partial charge on any atom is 0.339 e. The number of anilines is 1. The normalized spacial score (nSPS) is 14.5. The van der Waals surface area contributed by atoms with E-state index in [2.05, 4.69) is 36.2 Å². The van der Waals surface area contributed by atoms with E-state index in [-0.39, 0.29) is 11.4 Å². The van der Waals surface area contributed by atoms with Crippen LogP contribution in [0.5, 0.6) is 0 Å². The summed E-state index contributed by atoms with van der Waals surface area (Å²) >= 11 is 1.52. The Kier molecular flexibility index (Phi) is 4.38. The molecule has 7 nitrogen and oxygen atoms in total. The molecule has 0 amide bonds. The lowest BCUT2D eigenvalue weighted by Gasteiger charge is -2.13. The van der Waals surface area contributed by atoms with Gasteiger partial charge >= 0.3 is 5.97 Å². The number of ether oxygens (including phenoxy) is 1. The molecule has 0 bridgehead atoms. The number of carbonyl (C=O) groups excluding carboxylic acids is 1. The Labute approximate surface area is 161 Å². The minimum Gasteiger partial charge on any atom is -0.465 e. The van der Waals surface area contributed by atoms with E-state index in [1.54, 1.807) is 0 Å². The van der Waals surface area contributed by atoms with Crippen molar-refractivity contribution in [3.8, 4) is 0 Å². The number of hydrogen-bond acceptors (Lipinski definition) is 7. The summed E-state index contributed by atoms with van der Waals surface area (Å²) in [5.41, 5.74) is 3.34. The summed E-state index contributed by atoms with van der Waals surface area (Å²) in [6.07, 6.45) is 4.13. The Morgan fingerprint density at radius 1 is 1.33 bits per heavy atom. The molecular formula is C19H23N5O2S. The number of hydrogen-bond donors (Lipinski definition) is 1. The molecule has 1 fully saturated rings. The molecule has 3 aromatic rings. The first-order chi connectivity index (χ1) is 12.8. The molecule has 0 unspecified atom stereocenters. The van der Waals surface area contributed by atoms with E-state index >= 15 is 0 Å². The van der Waals surface area contributed by atoms with Gasteiger partial charge in [0.05, 0.1) is 42.5 Å². The van der Waals surface area contributed by atoms with Gasteiger partial charge in [0, 0.05) is 11.3 Å². The van der Waals surface area contributed by atoms with Gasteiger partial charge in [-0.05, 0) is 25.0 Å². The quantitative estimate of drug-likeness (QED) is 0.674. The summed E-state index contributed by atoms with van der Waals surface area (Å²) in [5.74, 6) is 0.0535. The summed E-state index contributed by atoms with van der Waals surface area (Å²) in [4.78, 5) is 22.2. The zero-order chi connectivity index (χ0) is 19.2. The van der Waals surface area contributed by atoms with Crippen LogP contribution in [-0.4, -0.2) is 32.7 Å². The number of esters is 1. The maximum atomic E-state index is 11.9. The van der Waals surface area contributed by atoms with Gasteiger partial charge in [0.1, 0.15) is 0 Å². The van der Waals surface area contributed by atoms with Crippen LogP contribution in [0.2, 0.25) is 0 Å². The van der Waals surface area contributed by atoms with E-state index in [0.717, 1.165) is 40.0 Å². The fourth-order valence-electron chi connectivity index (χ4n) is 2.87. The molecule has 1 aliphatic rings. The molecule has 0 saturated heterocycles. The fraction of sp³-hybridized carbons (Fsp3) is 0.474. The Morgan fingerprint density at radius 2 is 2.11 bits per heavy atom. The number of nitrogens with one attached hydrogen (secondary N) is 1. The van der Waals surface area contributed by atoms with Gasteiger partial charge in [-0.15, -0.1) is 5.10 Å². The zero-order valence-electron chi connectivity index (χ0n) is 15.9. The van der Waals surface area contributed by atoms with Crippen LogP contribution < -0.4 is 5.32 Å². The van der Waals surface area contributed by atoms with Crippen molar-refractivity contribution in [3.05, 3.63) is 41.0 Å². The molecule has 27 heavy (non-hydrogen) atoms. The number of methoxy groups -OCH3 is 1. The lowest BCUT2D eigenvalue weighted by atomic mass is 9.93. The second-order valence-electron chi connectivity index (χ2n) is 7.87. The van der Waals surface area contributed by atoms with Crippen molar-refractivity contribution in [2.24, 2.45) is 0 Å². The summed E-state index contributed by atoms with van der Waals surface area (Å²) in [7, 11) is 1.40. The minimum atomic E-state index is -0.320. The Morgan fingerprint density at radius 3 is 2.74 bits per heavy atom. The maximum absolute atomic E-state index is 11.9. The highest BCUT2D eigenvalue weighted by atomic mass is 32.1. The van der Waals surface area contributed by atoms with Gasteiger partial charge in [-0.3, -0.25) is 4.98 Å². The third-order valence-electron chi connectivity index (χ3n) is 4.58. The number of aromatic nitrogens is 4. The average Bonchev–Trinajstić information content (AvgIpc) is 3.28. The van der Waals surface area contributed by atoms with E-state index in [4.69, 9.17) is 9.72 Å². The van der Waals surface area contributed by atoms with Gasteiger partial charge in [-0.25, -0.2) is 14.3 Å². The summed E-state index contributed by atoms with van der Waals surface area (Å²) < 4.78 is 6.69. The Balaban J connectivity index is 1.50. The molecule has 0 aromatic carbocycles. The topological polar surface area (TPSA) is 81.4 Å². The number of nitrogens with zero attached hydrogens (tertiary/aromatic N) is 4. The van der Waals surface area contributed by atoms with E-state index in [1.165, 1.54) is 18.4 Å². The van der Waals surface area contributed by atoms with Crippen molar-refractivity contribution in [1.29, 1.82) is 0 Å². The molecule has 4 rings (SSSR count). The van der Waals surface area contributed by atoms with Crippen molar-refractivity contribution in [2.45, 2.75) is 51.5 Å². The summed E-state index contributed by atoms with van der Waals surface area (Å²) in [5, 5.41) is 8.66. The van der Waals surface area contributed by atoms with E-state index in [9.17, 15) is 4.79 Å². The third kappa shape index (κ3) is 3.66. The second kappa shape index (κ2) is 6.60. The van der Waals surface area contributed by atoms with Gasteiger partial charge < -0.3 is 10.1 Å². The van der Waals surface area contributed by atoms with Crippen LogP contribution in [0, 0.1) is 0 Å². The highest BCUT2D eigenvalue weighted by molar-refractivity contribution is 7.20. The lowest BCUT2D eigenvalue weighted by molar-refractivity contribution is 0.0598. The first-order valence-corrected chi connectivity index (χ1v) is 9.85. The van der Waals surface area contributed by atoms with Crippen molar-refractivity contribution < 1.29 is 9.53 Å². The fourth-order valence-corrected chi connectivity index (χ4v) is 3.64. The highest BCUT2D eigenvalue weighted by Crippen LogP contribution is 2.40. The largest absolute Gasteiger partial charge is 0.465 e. The predicted molar refractivity (Wildman–Crippen MR) is 104 cm³/mol. The SMILES string of the molecule is COC(=O)c1ccc(CNc2nn3cc(C(C)(C)C)nc3s2)nc1C1CC1. The van der Waals surface area contributed by atoms with Crippen molar-refractivity contribution in [1.82, 2.24) is 19.6 Å². The van der Waals surface area contributed by atoms with Crippen molar-refractivity contribution in [2.75, 3.05) is 12.4 Å². The number of rotatable bonds is 5. The molecule has 1 saturated carbocycles. The van der Waals surface area contributed by atoms with E-state index in [0.29, 0.717) is 18.0 Å².